The minimum atomic E-state index is -4.60. The Labute approximate surface area is 179 Å². The number of halogens is 5. The van der Waals surface area contributed by atoms with Gasteiger partial charge in [-0.3, -0.25) is 9.59 Å². The van der Waals surface area contributed by atoms with E-state index in [4.69, 9.17) is 0 Å². The highest BCUT2D eigenvalue weighted by Gasteiger charge is 2.31. The minimum Gasteiger partial charge on any atom is -0.352 e. The molecule has 0 radical (unpaired) electrons. The maximum atomic E-state index is 13.6. The molecule has 1 aromatic heterocycles. The maximum Gasteiger partial charge on any atom is 0.416 e. The zero-order valence-corrected chi connectivity index (χ0v) is 16.4. The topological polar surface area (TPSA) is 76.0 Å². The molecule has 6 nitrogen and oxygen atoms in total. The fourth-order valence-corrected chi connectivity index (χ4v) is 2.86. The highest BCUT2D eigenvalue weighted by molar-refractivity contribution is 5.95. The third-order valence-electron chi connectivity index (χ3n) is 4.39. The second kappa shape index (κ2) is 9.58. The first-order valence-electron chi connectivity index (χ1n) is 9.39. The molecule has 0 spiro atoms. The van der Waals surface area contributed by atoms with Crippen LogP contribution in [0.25, 0.3) is 5.69 Å². The molecule has 0 atom stereocenters. The Morgan fingerprint density at radius 2 is 1.84 bits per heavy atom. The standard InChI is InChI=1S/C21H17F5N4O2/c22-14-5-6-15(16(23)12-14)20(32)27-8-1-3-19(31)29-17-11-13(21(24,25)26)4-7-18(17)30-10-2-9-28-30/h2,4-7,9-12H,1,3,8H2,(H,27,32)(H,29,31). The molecule has 0 fully saturated rings. The number of alkyl halides is 3. The summed E-state index contributed by atoms with van der Waals surface area (Å²) >= 11 is 0. The summed E-state index contributed by atoms with van der Waals surface area (Å²) in [5, 5.41) is 8.79. The smallest absolute Gasteiger partial charge is 0.352 e. The SMILES string of the molecule is O=C(CCCNC(=O)c1ccc(F)cc1F)Nc1cc(C(F)(F)F)ccc1-n1cccn1. The molecular formula is C21H17F5N4O2. The van der Waals surface area contributed by atoms with Crippen molar-refractivity contribution in [2.45, 2.75) is 19.0 Å². The molecule has 168 valence electrons. The van der Waals surface area contributed by atoms with Crippen LogP contribution in [-0.4, -0.2) is 28.1 Å². The lowest BCUT2D eigenvalue weighted by Gasteiger charge is -2.15. The van der Waals surface area contributed by atoms with Crippen LogP contribution in [0.5, 0.6) is 0 Å². The van der Waals surface area contributed by atoms with Gasteiger partial charge in [-0.1, -0.05) is 0 Å². The molecule has 0 unspecified atom stereocenters. The summed E-state index contributed by atoms with van der Waals surface area (Å²) in [6.07, 6.45) is -1.63. The van der Waals surface area contributed by atoms with Crippen molar-refractivity contribution in [2.24, 2.45) is 0 Å². The molecule has 0 bridgehead atoms. The first-order valence-corrected chi connectivity index (χ1v) is 9.39. The van der Waals surface area contributed by atoms with E-state index in [1.807, 2.05) is 0 Å². The third-order valence-corrected chi connectivity index (χ3v) is 4.39. The molecule has 0 saturated carbocycles. The van der Waals surface area contributed by atoms with Gasteiger partial charge in [0.1, 0.15) is 11.6 Å². The van der Waals surface area contributed by atoms with Gasteiger partial charge < -0.3 is 10.6 Å². The lowest BCUT2D eigenvalue weighted by molar-refractivity contribution is -0.137. The van der Waals surface area contributed by atoms with E-state index in [-0.39, 0.29) is 36.3 Å². The van der Waals surface area contributed by atoms with Gasteiger partial charge in [-0.2, -0.15) is 18.3 Å². The molecule has 3 aromatic rings. The molecule has 3 rings (SSSR count). The van der Waals surface area contributed by atoms with E-state index >= 15 is 0 Å². The molecule has 2 N–H and O–H groups in total. The van der Waals surface area contributed by atoms with Crippen molar-refractivity contribution in [3.63, 3.8) is 0 Å². The number of anilines is 1. The van der Waals surface area contributed by atoms with Crippen molar-refractivity contribution in [3.05, 3.63) is 77.6 Å². The molecule has 1 heterocycles. The van der Waals surface area contributed by atoms with Gasteiger partial charge in [-0.15, -0.1) is 0 Å². The van der Waals surface area contributed by atoms with Crippen LogP contribution < -0.4 is 10.6 Å². The van der Waals surface area contributed by atoms with Crippen LogP contribution in [0.1, 0.15) is 28.8 Å². The van der Waals surface area contributed by atoms with Crippen LogP contribution in [0.15, 0.2) is 54.9 Å². The number of rotatable bonds is 7. The minimum absolute atomic E-state index is 0.00231. The zero-order chi connectivity index (χ0) is 23.3. The fourth-order valence-electron chi connectivity index (χ4n) is 2.86. The average Bonchev–Trinajstić information content (AvgIpc) is 3.25. The first kappa shape index (κ1) is 22.9. The Morgan fingerprint density at radius 3 is 2.50 bits per heavy atom. The number of amides is 2. The van der Waals surface area contributed by atoms with Crippen LogP contribution >= 0.6 is 0 Å². The monoisotopic (exact) mass is 452 g/mol. The fraction of sp³-hybridized carbons (Fsp3) is 0.190. The van der Waals surface area contributed by atoms with E-state index in [0.29, 0.717) is 6.07 Å². The number of benzene rings is 2. The maximum absolute atomic E-state index is 13.6. The van der Waals surface area contributed by atoms with Crippen LogP contribution in [0.2, 0.25) is 0 Å². The predicted octanol–water partition coefficient (Wildman–Crippen LogP) is 4.32. The zero-order valence-electron chi connectivity index (χ0n) is 16.4. The summed E-state index contributed by atoms with van der Waals surface area (Å²) in [6.45, 7) is -0.00231. The van der Waals surface area contributed by atoms with Gasteiger partial charge in [-0.05, 0) is 42.8 Å². The van der Waals surface area contributed by atoms with Gasteiger partial charge in [-0.25, -0.2) is 13.5 Å². The molecule has 32 heavy (non-hydrogen) atoms. The summed E-state index contributed by atoms with van der Waals surface area (Å²) in [5.41, 5.74) is -1.11. The predicted molar refractivity (Wildman–Crippen MR) is 105 cm³/mol. The second-order valence-electron chi connectivity index (χ2n) is 6.71. The van der Waals surface area contributed by atoms with Crippen molar-refractivity contribution in [2.75, 3.05) is 11.9 Å². The number of nitrogens with one attached hydrogen (secondary N) is 2. The van der Waals surface area contributed by atoms with Gasteiger partial charge in [0.15, 0.2) is 0 Å². The lowest BCUT2D eigenvalue weighted by Crippen LogP contribution is -2.26. The first-order chi connectivity index (χ1) is 15.1. The van der Waals surface area contributed by atoms with Gasteiger partial charge in [0, 0.05) is 31.4 Å². The Kier molecular flexibility index (Phi) is 6.86. The van der Waals surface area contributed by atoms with E-state index in [1.165, 1.54) is 23.1 Å². The lowest BCUT2D eigenvalue weighted by atomic mass is 10.1. The normalized spacial score (nSPS) is 11.3. The summed E-state index contributed by atoms with van der Waals surface area (Å²) in [7, 11) is 0. The Hall–Kier alpha value is -3.76. The molecule has 0 aliphatic heterocycles. The van der Waals surface area contributed by atoms with E-state index in [1.54, 1.807) is 6.07 Å². The molecule has 2 amide bonds. The van der Waals surface area contributed by atoms with Crippen LogP contribution in [-0.2, 0) is 11.0 Å². The van der Waals surface area contributed by atoms with E-state index in [9.17, 15) is 31.5 Å². The number of hydrogen-bond acceptors (Lipinski definition) is 3. The number of carbonyl (C=O) groups is 2. The molecule has 0 aliphatic rings. The van der Waals surface area contributed by atoms with Crippen molar-refractivity contribution in [1.82, 2.24) is 15.1 Å². The highest BCUT2D eigenvalue weighted by atomic mass is 19.4. The van der Waals surface area contributed by atoms with Gasteiger partial charge in [0.05, 0.1) is 22.5 Å². The Balaban J connectivity index is 1.60. The van der Waals surface area contributed by atoms with Crippen molar-refractivity contribution < 1.29 is 31.5 Å². The van der Waals surface area contributed by atoms with E-state index < -0.39 is 35.2 Å². The number of hydrogen-bond donors (Lipinski definition) is 2. The number of carbonyl (C=O) groups excluding carboxylic acids is 2. The van der Waals surface area contributed by atoms with Crippen LogP contribution in [0.4, 0.5) is 27.6 Å². The van der Waals surface area contributed by atoms with Crippen molar-refractivity contribution in [1.29, 1.82) is 0 Å². The number of nitrogens with zero attached hydrogens (tertiary/aromatic N) is 2. The molecule has 2 aromatic carbocycles. The Bertz CT molecular complexity index is 1110. The van der Waals surface area contributed by atoms with E-state index in [0.717, 1.165) is 24.3 Å². The quantitative estimate of drug-likeness (QED) is 0.414. The van der Waals surface area contributed by atoms with Crippen LogP contribution in [0.3, 0.4) is 0 Å². The van der Waals surface area contributed by atoms with Gasteiger partial charge >= 0.3 is 6.18 Å². The molecule has 0 aliphatic carbocycles. The summed E-state index contributed by atoms with van der Waals surface area (Å²) in [5.74, 6) is -3.20. The van der Waals surface area contributed by atoms with Crippen molar-refractivity contribution in [3.8, 4) is 5.69 Å². The number of aromatic nitrogens is 2. The third kappa shape index (κ3) is 5.68. The van der Waals surface area contributed by atoms with Crippen LogP contribution in [0, 0.1) is 11.6 Å². The van der Waals surface area contributed by atoms with Gasteiger partial charge in [0.25, 0.3) is 5.91 Å². The summed E-state index contributed by atoms with van der Waals surface area (Å²) in [6, 6.07) is 6.99. The largest absolute Gasteiger partial charge is 0.416 e. The highest BCUT2D eigenvalue weighted by Crippen LogP contribution is 2.33. The molecule has 11 heteroatoms. The average molecular weight is 452 g/mol. The second-order valence-corrected chi connectivity index (χ2v) is 6.71. The molecular weight excluding hydrogens is 435 g/mol. The molecule has 0 saturated heterocycles. The van der Waals surface area contributed by atoms with Gasteiger partial charge in [0.2, 0.25) is 5.91 Å². The van der Waals surface area contributed by atoms with E-state index in [2.05, 4.69) is 15.7 Å². The Morgan fingerprint density at radius 1 is 1.06 bits per heavy atom. The summed E-state index contributed by atoms with van der Waals surface area (Å²) in [4.78, 5) is 24.2. The van der Waals surface area contributed by atoms with Crippen molar-refractivity contribution >= 4 is 17.5 Å². The summed E-state index contributed by atoms with van der Waals surface area (Å²) < 4.78 is 67.0.